The summed E-state index contributed by atoms with van der Waals surface area (Å²) in [5.74, 6) is 4.68. The van der Waals surface area contributed by atoms with Gasteiger partial charge in [0.1, 0.15) is 0 Å². The van der Waals surface area contributed by atoms with E-state index >= 15 is 0 Å². The van der Waals surface area contributed by atoms with Crippen LogP contribution < -0.4 is 16.8 Å². The molecule has 1 aromatic carbocycles. The van der Waals surface area contributed by atoms with Gasteiger partial charge in [-0.15, -0.1) is 0 Å². The first-order valence-electron chi connectivity index (χ1n) is 5.40. The minimum Gasteiger partial charge on any atom is -0.368 e. The van der Waals surface area contributed by atoms with Crippen LogP contribution in [0.15, 0.2) is 18.2 Å². The molecule has 0 atom stereocenters. The average Bonchev–Trinajstić information content (AvgIpc) is 2.35. The first kappa shape index (κ1) is 13.7. The maximum absolute atomic E-state index is 11.7. The fraction of sp³-hybridized carbons (Fsp3) is 0.231. The molecule has 5 N–H and O–H groups in total. The van der Waals surface area contributed by atoms with Gasteiger partial charge in [-0.1, -0.05) is 17.9 Å². The molecule has 0 spiro atoms. The standard InChI is InChI=1S/C13H15N3O2/c1-9-4-5-11(7-10(9)3-2-6-14)13(18)16-8-12(15)17/h4-5,7H,6,8,14H2,1H3,(H2,15,17)(H,16,18). The molecule has 0 saturated carbocycles. The van der Waals surface area contributed by atoms with Crippen LogP contribution in [0.2, 0.25) is 0 Å². The van der Waals surface area contributed by atoms with E-state index in [2.05, 4.69) is 17.2 Å². The second-order valence-corrected chi connectivity index (χ2v) is 3.68. The molecular formula is C13H15N3O2. The van der Waals surface area contributed by atoms with E-state index in [1.165, 1.54) is 0 Å². The summed E-state index contributed by atoms with van der Waals surface area (Å²) in [7, 11) is 0. The van der Waals surface area contributed by atoms with E-state index in [1.807, 2.05) is 6.92 Å². The molecule has 1 rings (SSSR count). The van der Waals surface area contributed by atoms with E-state index in [1.54, 1.807) is 18.2 Å². The predicted octanol–water partition coefficient (Wildman–Crippen LogP) is -0.480. The Hall–Kier alpha value is -2.32. The summed E-state index contributed by atoms with van der Waals surface area (Å²) in [4.78, 5) is 22.3. The van der Waals surface area contributed by atoms with E-state index in [0.29, 0.717) is 5.56 Å². The van der Waals surface area contributed by atoms with Crippen molar-refractivity contribution in [2.24, 2.45) is 11.5 Å². The number of hydrogen-bond donors (Lipinski definition) is 3. The Kier molecular flexibility index (Phi) is 4.90. The van der Waals surface area contributed by atoms with Crippen LogP contribution in [0.25, 0.3) is 0 Å². The third kappa shape index (κ3) is 3.92. The van der Waals surface area contributed by atoms with Crippen molar-refractivity contribution in [2.75, 3.05) is 13.1 Å². The van der Waals surface area contributed by atoms with Crippen molar-refractivity contribution in [2.45, 2.75) is 6.92 Å². The first-order chi connectivity index (χ1) is 8.54. The first-order valence-corrected chi connectivity index (χ1v) is 5.40. The Morgan fingerprint density at radius 1 is 1.39 bits per heavy atom. The van der Waals surface area contributed by atoms with Gasteiger partial charge in [-0.25, -0.2) is 0 Å². The van der Waals surface area contributed by atoms with E-state index in [4.69, 9.17) is 11.5 Å². The molecule has 2 amide bonds. The summed E-state index contributed by atoms with van der Waals surface area (Å²) in [5, 5.41) is 2.41. The smallest absolute Gasteiger partial charge is 0.251 e. The van der Waals surface area contributed by atoms with Crippen molar-refractivity contribution >= 4 is 11.8 Å². The lowest BCUT2D eigenvalue weighted by atomic mass is 10.0. The van der Waals surface area contributed by atoms with Gasteiger partial charge in [0, 0.05) is 11.1 Å². The summed E-state index contributed by atoms with van der Waals surface area (Å²) in [5.41, 5.74) is 12.4. The van der Waals surface area contributed by atoms with Crippen LogP contribution in [-0.2, 0) is 4.79 Å². The Bertz CT molecular complexity index is 527. The molecule has 5 heteroatoms. The molecule has 1 aromatic rings. The average molecular weight is 245 g/mol. The van der Waals surface area contributed by atoms with Crippen molar-refractivity contribution in [1.82, 2.24) is 5.32 Å². The minimum absolute atomic E-state index is 0.184. The SMILES string of the molecule is Cc1ccc(C(=O)NCC(N)=O)cc1C#CCN. The highest BCUT2D eigenvalue weighted by Crippen LogP contribution is 2.10. The molecule has 0 heterocycles. The zero-order valence-corrected chi connectivity index (χ0v) is 10.1. The molecular weight excluding hydrogens is 230 g/mol. The fourth-order valence-electron chi connectivity index (χ4n) is 1.31. The number of primary amides is 1. The third-order valence-electron chi connectivity index (χ3n) is 2.25. The van der Waals surface area contributed by atoms with Gasteiger partial charge in [0.2, 0.25) is 5.91 Å². The molecule has 0 aliphatic rings. The lowest BCUT2D eigenvalue weighted by Crippen LogP contribution is -2.33. The van der Waals surface area contributed by atoms with Crippen molar-refractivity contribution < 1.29 is 9.59 Å². The van der Waals surface area contributed by atoms with Gasteiger partial charge in [-0.2, -0.15) is 0 Å². The van der Waals surface area contributed by atoms with Crippen molar-refractivity contribution in [3.05, 3.63) is 34.9 Å². The second kappa shape index (κ2) is 6.42. The van der Waals surface area contributed by atoms with Gasteiger partial charge >= 0.3 is 0 Å². The minimum atomic E-state index is -0.585. The predicted molar refractivity (Wildman–Crippen MR) is 68.6 cm³/mol. The normalized spacial score (nSPS) is 9.22. The Labute approximate surface area is 106 Å². The van der Waals surface area contributed by atoms with E-state index in [9.17, 15) is 9.59 Å². The molecule has 0 aliphatic carbocycles. The zero-order chi connectivity index (χ0) is 13.5. The van der Waals surface area contributed by atoms with Crippen LogP contribution >= 0.6 is 0 Å². The topological polar surface area (TPSA) is 98.2 Å². The molecule has 5 nitrogen and oxygen atoms in total. The molecule has 0 unspecified atom stereocenters. The highest BCUT2D eigenvalue weighted by atomic mass is 16.2. The summed E-state index contributed by atoms with van der Waals surface area (Å²) in [6.45, 7) is 1.97. The van der Waals surface area contributed by atoms with E-state index in [0.717, 1.165) is 11.1 Å². The molecule has 0 fully saturated rings. The fourth-order valence-corrected chi connectivity index (χ4v) is 1.31. The van der Waals surface area contributed by atoms with Crippen LogP contribution in [-0.4, -0.2) is 24.9 Å². The number of nitrogens with one attached hydrogen (secondary N) is 1. The van der Waals surface area contributed by atoms with E-state index < -0.39 is 5.91 Å². The van der Waals surface area contributed by atoms with Crippen LogP contribution in [0.3, 0.4) is 0 Å². The molecule has 0 radical (unpaired) electrons. The monoisotopic (exact) mass is 245 g/mol. The molecule has 18 heavy (non-hydrogen) atoms. The summed E-state index contributed by atoms with van der Waals surface area (Å²) in [6.07, 6.45) is 0. The number of hydrogen-bond acceptors (Lipinski definition) is 3. The zero-order valence-electron chi connectivity index (χ0n) is 10.1. The van der Waals surface area contributed by atoms with Gasteiger partial charge in [-0.3, -0.25) is 9.59 Å². The van der Waals surface area contributed by atoms with Crippen LogP contribution in [0.1, 0.15) is 21.5 Å². The number of aryl methyl sites for hydroxylation is 1. The van der Waals surface area contributed by atoms with Gasteiger partial charge in [0.25, 0.3) is 5.91 Å². The summed E-state index contributed by atoms with van der Waals surface area (Å²) < 4.78 is 0. The highest BCUT2D eigenvalue weighted by Gasteiger charge is 2.07. The van der Waals surface area contributed by atoms with Crippen LogP contribution in [0.4, 0.5) is 0 Å². The summed E-state index contributed by atoms with van der Waals surface area (Å²) in [6, 6.07) is 5.12. The molecule has 94 valence electrons. The largest absolute Gasteiger partial charge is 0.368 e. The highest BCUT2D eigenvalue weighted by molar-refractivity contribution is 5.96. The maximum Gasteiger partial charge on any atom is 0.251 e. The van der Waals surface area contributed by atoms with Crippen molar-refractivity contribution in [1.29, 1.82) is 0 Å². The van der Waals surface area contributed by atoms with Crippen molar-refractivity contribution in [3.63, 3.8) is 0 Å². The van der Waals surface area contributed by atoms with Gasteiger partial charge in [-0.05, 0) is 24.6 Å². The second-order valence-electron chi connectivity index (χ2n) is 3.68. The lowest BCUT2D eigenvalue weighted by molar-refractivity contribution is -0.117. The van der Waals surface area contributed by atoms with Gasteiger partial charge in [0.05, 0.1) is 13.1 Å². The molecule has 0 bridgehead atoms. The van der Waals surface area contributed by atoms with Gasteiger partial charge in [0.15, 0.2) is 0 Å². The number of carbonyl (C=O) groups excluding carboxylic acids is 2. The quantitative estimate of drug-likeness (QED) is 0.627. The maximum atomic E-state index is 11.7. The Morgan fingerprint density at radius 2 is 2.11 bits per heavy atom. The number of rotatable bonds is 3. The molecule has 0 aliphatic heterocycles. The number of amides is 2. The Balaban J connectivity index is 2.90. The van der Waals surface area contributed by atoms with Crippen LogP contribution in [0, 0.1) is 18.8 Å². The van der Waals surface area contributed by atoms with Gasteiger partial charge < -0.3 is 16.8 Å². The molecule has 0 saturated heterocycles. The third-order valence-corrected chi connectivity index (χ3v) is 2.25. The van der Waals surface area contributed by atoms with Crippen molar-refractivity contribution in [3.8, 4) is 11.8 Å². The van der Waals surface area contributed by atoms with E-state index in [-0.39, 0.29) is 19.0 Å². The molecule has 0 aromatic heterocycles. The summed E-state index contributed by atoms with van der Waals surface area (Å²) >= 11 is 0. The van der Waals surface area contributed by atoms with Crippen LogP contribution in [0.5, 0.6) is 0 Å². The Morgan fingerprint density at radius 3 is 2.72 bits per heavy atom. The number of carbonyl (C=O) groups is 2. The number of nitrogens with two attached hydrogens (primary N) is 2. The lowest BCUT2D eigenvalue weighted by Gasteiger charge is -2.05. The number of benzene rings is 1.